The summed E-state index contributed by atoms with van der Waals surface area (Å²) in [7, 11) is -3.72. The Balaban J connectivity index is 1.26. The summed E-state index contributed by atoms with van der Waals surface area (Å²) in [4.78, 5) is 21.4. The standard InChI is InChI=1S/C22H19ClN6O3S/c23-17-1-2-18-16(13-17)14-21(25-18)33(31,32)29-11-9-28(10-12-29)22(30)20-4-3-19(26-27-20)15-5-7-24-8-6-15/h1-8,13-14,25H,9-12H2. The third-order valence-corrected chi connectivity index (χ3v) is 7.62. The number of carbonyl (C=O) groups excluding carboxylic acids is 1. The molecule has 168 valence electrons. The van der Waals surface area contributed by atoms with Gasteiger partial charge in [-0.05, 0) is 48.5 Å². The Morgan fingerprint density at radius 1 is 0.939 bits per heavy atom. The first-order chi connectivity index (χ1) is 15.9. The van der Waals surface area contributed by atoms with Crippen molar-refractivity contribution in [3.63, 3.8) is 0 Å². The van der Waals surface area contributed by atoms with Gasteiger partial charge < -0.3 is 9.88 Å². The molecule has 0 radical (unpaired) electrons. The Kier molecular flexibility index (Phi) is 5.57. The first-order valence-corrected chi connectivity index (χ1v) is 12.1. The lowest BCUT2D eigenvalue weighted by Crippen LogP contribution is -2.50. The number of aromatic amines is 1. The van der Waals surface area contributed by atoms with Gasteiger partial charge in [-0.3, -0.25) is 9.78 Å². The minimum Gasteiger partial charge on any atom is -0.345 e. The Morgan fingerprint density at radius 3 is 2.39 bits per heavy atom. The van der Waals surface area contributed by atoms with Gasteiger partial charge in [-0.2, -0.15) is 4.31 Å². The number of sulfonamides is 1. The molecule has 1 aromatic carbocycles. The van der Waals surface area contributed by atoms with Gasteiger partial charge in [-0.1, -0.05) is 11.6 Å². The lowest BCUT2D eigenvalue weighted by atomic mass is 10.2. The maximum atomic E-state index is 13.1. The second kappa shape index (κ2) is 8.54. The number of pyridine rings is 1. The van der Waals surface area contributed by atoms with Crippen molar-refractivity contribution in [3.05, 3.63) is 71.6 Å². The maximum Gasteiger partial charge on any atom is 0.274 e. The molecule has 3 aromatic heterocycles. The highest BCUT2D eigenvalue weighted by atomic mass is 35.5. The Labute approximate surface area is 195 Å². The van der Waals surface area contributed by atoms with Crippen molar-refractivity contribution in [3.8, 4) is 11.3 Å². The van der Waals surface area contributed by atoms with Gasteiger partial charge in [-0.15, -0.1) is 10.2 Å². The fourth-order valence-electron chi connectivity index (χ4n) is 3.77. The first-order valence-electron chi connectivity index (χ1n) is 10.2. The molecule has 4 heterocycles. The second-order valence-corrected chi connectivity index (χ2v) is 9.94. The molecule has 0 aliphatic carbocycles. The number of nitrogens with one attached hydrogen (secondary N) is 1. The van der Waals surface area contributed by atoms with Crippen LogP contribution in [0.25, 0.3) is 22.2 Å². The average Bonchev–Trinajstić information content (AvgIpc) is 3.28. The van der Waals surface area contributed by atoms with E-state index in [1.54, 1.807) is 53.7 Å². The van der Waals surface area contributed by atoms with Crippen LogP contribution in [0.2, 0.25) is 5.02 Å². The summed E-state index contributed by atoms with van der Waals surface area (Å²) >= 11 is 6.00. The van der Waals surface area contributed by atoms with Gasteiger partial charge in [0, 0.05) is 60.1 Å². The number of H-pyrrole nitrogens is 1. The monoisotopic (exact) mass is 482 g/mol. The summed E-state index contributed by atoms with van der Waals surface area (Å²) in [6, 6.07) is 13.7. The molecule has 0 atom stereocenters. The third kappa shape index (κ3) is 4.20. The summed E-state index contributed by atoms with van der Waals surface area (Å²) in [5.74, 6) is -0.277. The Hall–Kier alpha value is -3.34. The van der Waals surface area contributed by atoms with E-state index in [0.29, 0.717) is 16.2 Å². The minimum absolute atomic E-state index is 0.108. The Morgan fingerprint density at radius 2 is 1.70 bits per heavy atom. The predicted octanol–water partition coefficient (Wildman–Crippen LogP) is 2.82. The summed E-state index contributed by atoms with van der Waals surface area (Å²) < 4.78 is 27.6. The number of piperazine rings is 1. The third-order valence-electron chi connectivity index (χ3n) is 5.56. The van der Waals surface area contributed by atoms with Gasteiger partial charge in [0.05, 0.1) is 5.69 Å². The van der Waals surface area contributed by atoms with Crippen LogP contribution in [0.15, 0.2) is 66.0 Å². The van der Waals surface area contributed by atoms with E-state index >= 15 is 0 Å². The fourth-order valence-corrected chi connectivity index (χ4v) is 5.39. The number of nitrogens with zero attached hydrogens (tertiary/aromatic N) is 5. The van der Waals surface area contributed by atoms with Crippen molar-refractivity contribution >= 4 is 38.4 Å². The van der Waals surface area contributed by atoms with Crippen LogP contribution >= 0.6 is 11.6 Å². The lowest BCUT2D eigenvalue weighted by Gasteiger charge is -2.33. The number of fused-ring (bicyclic) bond motifs is 1. The molecule has 0 unspecified atom stereocenters. The van der Waals surface area contributed by atoms with E-state index in [-0.39, 0.29) is 42.8 Å². The lowest BCUT2D eigenvalue weighted by molar-refractivity contribution is 0.0690. The SMILES string of the molecule is O=C(c1ccc(-c2ccncc2)nn1)N1CCN(S(=O)(=O)c2cc3cc(Cl)ccc3[nH]2)CC1. The van der Waals surface area contributed by atoms with E-state index in [2.05, 4.69) is 20.2 Å². The van der Waals surface area contributed by atoms with Gasteiger partial charge in [0.25, 0.3) is 15.9 Å². The highest BCUT2D eigenvalue weighted by Crippen LogP contribution is 2.25. The van der Waals surface area contributed by atoms with Crippen LogP contribution < -0.4 is 0 Å². The van der Waals surface area contributed by atoms with Crippen LogP contribution in [0, 0.1) is 0 Å². The summed E-state index contributed by atoms with van der Waals surface area (Å²) in [6.45, 7) is 0.898. The van der Waals surface area contributed by atoms with Crippen LogP contribution in [-0.2, 0) is 10.0 Å². The zero-order valence-corrected chi connectivity index (χ0v) is 18.9. The topological polar surface area (TPSA) is 112 Å². The van der Waals surface area contributed by atoms with Crippen molar-refractivity contribution in [1.82, 2.24) is 29.4 Å². The predicted molar refractivity (Wildman–Crippen MR) is 123 cm³/mol. The number of rotatable bonds is 4. The first kappa shape index (κ1) is 21.5. The maximum absolute atomic E-state index is 13.1. The molecule has 1 amide bonds. The van der Waals surface area contributed by atoms with Crippen LogP contribution in [0.3, 0.4) is 0 Å². The van der Waals surface area contributed by atoms with Crippen molar-refractivity contribution < 1.29 is 13.2 Å². The molecule has 1 aliphatic rings. The molecule has 1 aliphatic heterocycles. The molecule has 11 heteroatoms. The number of benzene rings is 1. The largest absolute Gasteiger partial charge is 0.345 e. The molecule has 0 saturated carbocycles. The molecule has 9 nitrogen and oxygen atoms in total. The summed E-state index contributed by atoms with van der Waals surface area (Å²) in [6.07, 6.45) is 3.32. The number of hydrogen-bond acceptors (Lipinski definition) is 6. The molecule has 0 spiro atoms. The number of amides is 1. The number of aromatic nitrogens is 4. The van der Waals surface area contributed by atoms with Gasteiger partial charge >= 0.3 is 0 Å². The smallest absolute Gasteiger partial charge is 0.274 e. The second-order valence-electron chi connectivity index (χ2n) is 7.60. The number of hydrogen-bond donors (Lipinski definition) is 1. The Bertz CT molecular complexity index is 1420. The van der Waals surface area contributed by atoms with Crippen LogP contribution in [-0.4, -0.2) is 69.9 Å². The minimum atomic E-state index is -3.72. The van der Waals surface area contributed by atoms with E-state index in [4.69, 9.17) is 11.6 Å². The molecule has 1 fully saturated rings. The molecule has 4 aromatic rings. The van der Waals surface area contributed by atoms with Gasteiger partial charge in [-0.25, -0.2) is 8.42 Å². The van der Waals surface area contributed by atoms with E-state index < -0.39 is 10.0 Å². The van der Waals surface area contributed by atoms with Gasteiger partial charge in [0.1, 0.15) is 5.03 Å². The van der Waals surface area contributed by atoms with E-state index in [1.807, 2.05) is 12.1 Å². The highest BCUT2D eigenvalue weighted by molar-refractivity contribution is 7.89. The number of carbonyl (C=O) groups is 1. The summed E-state index contributed by atoms with van der Waals surface area (Å²) in [5, 5.41) is 9.58. The van der Waals surface area contributed by atoms with Crippen molar-refractivity contribution in [2.75, 3.05) is 26.2 Å². The zero-order valence-electron chi connectivity index (χ0n) is 17.3. The molecule has 1 saturated heterocycles. The molecule has 1 N–H and O–H groups in total. The van der Waals surface area contributed by atoms with Crippen molar-refractivity contribution in [1.29, 1.82) is 0 Å². The van der Waals surface area contributed by atoms with Crippen LogP contribution in [0.5, 0.6) is 0 Å². The van der Waals surface area contributed by atoms with E-state index in [1.165, 1.54) is 4.31 Å². The van der Waals surface area contributed by atoms with E-state index in [0.717, 1.165) is 10.9 Å². The molecular formula is C22H19ClN6O3S. The van der Waals surface area contributed by atoms with Crippen LogP contribution in [0.4, 0.5) is 0 Å². The van der Waals surface area contributed by atoms with Crippen molar-refractivity contribution in [2.24, 2.45) is 0 Å². The fraction of sp³-hybridized carbons (Fsp3) is 0.182. The zero-order chi connectivity index (χ0) is 23.0. The molecule has 0 bridgehead atoms. The van der Waals surface area contributed by atoms with Gasteiger partial charge in [0.2, 0.25) is 0 Å². The molecular weight excluding hydrogens is 464 g/mol. The normalized spacial score (nSPS) is 15.1. The molecule has 5 rings (SSSR count). The summed E-state index contributed by atoms with van der Waals surface area (Å²) in [5.41, 5.74) is 2.41. The van der Waals surface area contributed by atoms with Crippen molar-refractivity contribution in [2.45, 2.75) is 5.03 Å². The number of halogens is 1. The van der Waals surface area contributed by atoms with Crippen LogP contribution in [0.1, 0.15) is 10.5 Å². The molecule has 33 heavy (non-hydrogen) atoms. The average molecular weight is 483 g/mol. The van der Waals surface area contributed by atoms with E-state index in [9.17, 15) is 13.2 Å². The quantitative estimate of drug-likeness (QED) is 0.478. The van der Waals surface area contributed by atoms with Gasteiger partial charge in [0.15, 0.2) is 5.69 Å². The highest BCUT2D eigenvalue weighted by Gasteiger charge is 2.32.